The highest BCUT2D eigenvalue weighted by Crippen LogP contribution is 2.43. The number of nitrogens with zero attached hydrogens (tertiary/aromatic N) is 2. The molecule has 0 saturated carbocycles. The molecule has 0 amide bonds. The van der Waals surface area contributed by atoms with Gasteiger partial charge in [0.25, 0.3) is 0 Å². The lowest BCUT2D eigenvalue weighted by Crippen LogP contribution is -2.30. The molecule has 2 aromatic heterocycles. The smallest absolute Gasteiger partial charge is 0.123 e. The summed E-state index contributed by atoms with van der Waals surface area (Å²) in [6, 6.07) is 13.0. The summed E-state index contributed by atoms with van der Waals surface area (Å²) in [4.78, 5) is 4.35. The SMILES string of the molecule is Fc1cccc(C2(c3cccc(F)c3)C=Cc3c(-c4cscn4)n[nH]c3C2)c1. The van der Waals surface area contributed by atoms with E-state index >= 15 is 0 Å². The van der Waals surface area contributed by atoms with E-state index in [1.165, 1.54) is 35.6 Å². The van der Waals surface area contributed by atoms with Crippen molar-refractivity contribution in [3.05, 3.63) is 99.5 Å². The summed E-state index contributed by atoms with van der Waals surface area (Å²) in [6.07, 6.45) is 4.51. The molecule has 0 fully saturated rings. The number of hydrogen-bond acceptors (Lipinski definition) is 3. The maximum absolute atomic E-state index is 14.0. The molecule has 4 aromatic rings. The van der Waals surface area contributed by atoms with E-state index in [0.717, 1.165) is 33.8 Å². The van der Waals surface area contributed by atoms with Crippen molar-refractivity contribution in [1.29, 1.82) is 0 Å². The molecule has 0 unspecified atom stereocenters. The Balaban J connectivity index is 1.69. The van der Waals surface area contributed by atoms with Crippen LogP contribution in [0.2, 0.25) is 0 Å². The maximum Gasteiger partial charge on any atom is 0.123 e. The van der Waals surface area contributed by atoms with E-state index in [4.69, 9.17) is 0 Å². The molecule has 28 heavy (non-hydrogen) atoms. The van der Waals surface area contributed by atoms with E-state index in [-0.39, 0.29) is 11.6 Å². The second kappa shape index (κ2) is 6.49. The molecule has 2 heterocycles. The summed E-state index contributed by atoms with van der Waals surface area (Å²) in [5, 5.41) is 9.51. The van der Waals surface area contributed by atoms with Crippen LogP contribution < -0.4 is 0 Å². The van der Waals surface area contributed by atoms with Crippen LogP contribution in [0.25, 0.3) is 17.5 Å². The average Bonchev–Trinajstić information content (AvgIpc) is 3.37. The van der Waals surface area contributed by atoms with Crippen molar-refractivity contribution in [3.8, 4) is 11.4 Å². The van der Waals surface area contributed by atoms with Crippen LogP contribution in [-0.4, -0.2) is 15.2 Å². The number of halogens is 2. The molecular formula is C22H15F2N3S. The second-order valence-corrected chi connectivity index (χ2v) is 7.56. The molecule has 0 radical (unpaired) electrons. The summed E-state index contributed by atoms with van der Waals surface area (Å²) in [7, 11) is 0. The fourth-order valence-electron chi connectivity index (χ4n) is 3.88. The lowest BCUT2D eigenvalue weighted by molar-refractivity contribution is 0.582. The number of thiazole rings is 1. The fraction of sp³-hybridized carbons (Fsp3) is 0.0909. The van der Waals surface area contributed by atoms with Gasteiger partial charge in [0.2, 0.25) is 0 Å². The van der Waals surface area contributed by atoms with E-state index in [2.05, 4.69) is 15.2 Å². The minimum absolute atomic E-state index is 0.319. The van der Waals surface area contributed by atoms with Crippen molar-refractivity contribution in [2.75, 3.05) is 0 Å². The van der Waals surface area contributed by atoms with Gasteiger partial charge in [-0.25, -0.2) is 13.8 Å². The first-order valence-corrected chi connectivity index (χ1v) is 9.77. The predicted molar refractivity (Wildman–Crippen MR) is 106 cm³/mol. The lowest BCUT2D eigenvalue weighted by atomic mass is 9.68. The minimum Gasteiger partial charge on any atom is -0.281 e. The van der Waals surface area contributed by atoms with Crippen molar-refractivity contribution in [2.45, 2.75) is 11.8 Å². The third kappa shape index (κ3) is 2.68. The molecule has 0 atom stereocenters. The zero-order chi connectivity index (χ0) is 19.1. The van der Waals surface area contributed by atoms with Gasteiger partial charge in [-0.05, 0) is 35.4 Å². The van der Waals surface area contributed by atoms with Gasteiger partial charge >= 0.3 is 0 Å². The molecule has 0 saturated heterocycles. The van der Waals surface area contributed by atoms with E-state index in [9.17, 15) is 8.78 Å². The summed E-state index contributed by atoms with van der Waals surface area (Å²) in [6.45, 7) is 0. The zero-order valence-electron chi connectivity index (χ0n) is 14.7. The van der Waals surface area contributed by atoms with Crippen molar-refractivity contribution in [1.82, 2.24) is 15.2 Å². The van der Waals surface area contributed by atoms with Crippen LogP contribution in [-0.2, 0) is 11.8 Å². The first kappa shape index (κ1) is 17.0. The number of rotatable bonds is 3. The summed E-state index contributed by atoms with van der Waals surface area (Å²) in [5.41, 5.74) is 6.11. The standard InChI is InChI=1S/C22H15F2N3S/c23-16-5-1-3-14(9-16)22(15-4-2-6-17(24)10-15)8-7-18-19(11-22)26-27-21(18)20-12-28-13-25-20/h1-10,12-13H,11H2,(H,26,27). The molecule has 0 aliphatic heterocycles. The summed E-state index contributed by atoms with van der Waals surface area (Å²) in [5.74, 6) is -0.638. The first-order chi connectivity index (χ1) is 13.7. The van der Waals surface area contributed by atoms with Crippen LogP contribution in [0.4, 0.5) is 8.78 Å². The van der Waals surface area contributed by atoms with E-state index in [0.29, 0.717) is 6.42 Å². The minimum atomic E-state index is -0.691. The van der Waals surface area contributed by atoms with Gasteiger partial charge in [0, 0.05) is 28.5 Å². The number of aromatic amines is 1. The van der Waals surface area contributed by atoms with Gasteiger partial charge in [0.15, 0.2) is 0 Å². The van der Waals surface area contributed by atoms with E-state index < -0.39 is 5.41 Å². The third-order valence-electron chi connectivity index (χ3n) is 5.23. The molecule has 1 aliphatic carbocycles. The van der Waals surface area contributed by atoms with Gasteiger partial charge in [0.05, 0.1) is 5.51 Å². The molecule has 1 aliphatic rings. The van der Waals surface area contributed by atoms with Gasteiger partial charge < -0.3 is 0 Å². The van der Waals surface area contributed by atoms with Crippen LogP contribution in [0.15, 0.2) is 65.5 Å². The monoisotopic (exact) mass is 391 g/mol. The Kier molecular flexibility index (Phi) is 3.94. The number of nitrogens with one attached hydrogen (secondary N) is 1. The molecule has 1 N–H and O–H groups in total. The maximum atomic E-state index is 14.0. The van der Waals surface area contributed by atoms with Crippen LogP contribution in [0.1, 0.15) is 22.4 Å². The van der Waals surface area contributed by atoms with Crippen molar-refractivity contribution >= 4 is 17.4 Å². The van der Waals surface area contributed by atoms with Crippen LogP contribution >= 0.6 is 11.3 Å². The molecule has 138 valence electrons. The zero-order valence-corrected chi connectivity index (χ0v) is 15.5. The van der Waals surface area contributed by atoms with Crippen LogP contribution in [0, 0.1) is 11.6 Å². The van der Waals surface area contributed by atoms with Crippen LogP contribution in [0.5, 0.6) is 0 Å². The number of fused-ring (bicyclic) bond motifs is 1. The normalized spacial score (nSPS) is 14.8. The lowest BCUT2D eigenvalue weighted by Gasteiger charge is -2.34. The van der Waals surface area contributed by atoms with Gasteiger partial charge in [0.1, 0.15) is 23.0 Å². The number of hydrogen-bond donors (Lipinski definition) is 1. The molecule has 3 nitrogen and oxygen atoms in total. The largest absolute Gasteiger partial charge is 0.281 e. The van der Waals surface area contributed by atoms with Crippen LogP contribution in [0.3, 0.4) is 0 Å². The number of H-pyrrole nitrogens is 1. The Hall–Kier alpha value is -3.12. The number of benzene rings is 2. The van der Waals surface area contributed by atoms with Gasteiger partial charge in [-0.1, -0.05) is 36.4 Å². The summed E-state index contributed by atoms with van der Waals surface area (Å²) >= 11 is 1.51. The Bertz CT molecular complexity index is 1130. The van der Waals surface area contributed by atoms with Crippen molar-refractivity contribution in [3.63, 3.8) is 0 Å². The first-order valence-electron chi connectivity index (χ1n) is 8.83. The Labute approximate surface area is 164 Å². The number of allylic oxidation sites excluding steroid dienone is 1. The highest BCUT2D eigenvalue weighted by atomic mass is 32.1. The second-order valence-electron chi connectivity index (χ2n) is 6.84. The Morgan fingerprint density at radius 2 is 1.71 bits per heavy atom. The van der Waals surface area contributed by atoms with Gasteiger partial charge in [-0.3, -0.25) is 5.10 Å². The molecular weight excluding hydrogens is 376 g/mol. The van der Waals surface area contributed by atoms with Gasteiger partial charge in [-0.2, -0.15) is 5.10 Å². The Morgan fingerprint density at radius 3 is 2.32 bits per heavy atom. The predicted octanol–water partition coefficient (Wildman–Crippen LogP) is 5.37. The molecule has 2 aromatic carbocycles. The fourth-order valence-corrected chi connectivity index (χ4v) is 4.42. The summed E-state index contributed by atoms with van der Waals surface area (Å²) < 4.78 is 28.1. The average molecular weight is 391 g/mol. The van der Waals surface area contributed by atoms with Gasteiger partial charge in [-0.15, -0.1) is 11.3 Å². The molecule has 5 rings (SSSR count). The highest BCUT2D eigenvalue weighted by molar-refractivity contribution is 7.07. The van der Waals surface area contributed by atoms with Crippen molar-refractivity contribution in [2.24, 2.45) is 0 Å². The third-order valence-corrected chi connectivity index (χ3v) is 5.81. The van der Waals surface area contributed by atoms with Crippen molar-refractivity contribution < 1.29 is 8.78 Å². The highest BCUT2D eigenvalue weighted by Gasteiger charge is 2.37. The number of aromatic nitrogens is 3. The van der Waals surface area contributed by atoms with E-state index in [1.54, 1.807) is 17.6 Å². The molecule has 6 heteroatoms. The topological polar surface area (TPSA) is 41.6 Å². The molecule has 0 spiro atoms. The van der Waals surface area contributed by atoms with E-state index in [1.807, 2.05) is 29.7 Å². The molecule has 0 bridgehead atoms. The Morgan fingerprint density at radius 1 is 1.00 bits per heavy atom. The quantitative estimate of drug-likeness (QED) is 0.510.